The molecule has 110 valence electrons. The predicted octanol–water partition coefficient (Wildman–Crippen LogP) is 3.98. The van der Waals surface area contributed by atoms with Crippen molar-refractivity contribution in [3.63, 3.8) is 0 Å². The fraction of sp³-hybridized carbons (Fsp3) is 0.562. The van der Waals surface area contributed by atoms with Gasteiger partial charge in [-0.05, 0) is 59.5 Å². The summed E-state index contributed by atoms with van der Waals surface area (Å²) in [6.45, 7) is 9.40. The zero-order chi connectivity index (χ0) is 15.1. The van der Waals surface area contributed by atoms with E-state index in [1.165, 1.54) is 5.56 Å². The Morgan fingerprint density at radius 1 is 1.35 bits per heavy atom. The molecule has 1 heterocycles. The van der Waals surface area contributed by atoms with Crippen LogP contribution in [0.15, 0.2) is 18.2 Å². The highest BCUT2D eigenvalue weighted by molar-refractivity contribution is 6.20. The number of fused-ring (bicyclic) bond motifs is 1. The van der Waals surface area contributed by atoms with Gasteiger partial charge < -0.3 is 9.47 Å². The summed E-state index contributed by atoms with van der Waals surface area (Å²) < 4.78 is 2.26. The van der Waals surface area contributed by atoms with E-state index in [4.69, 9.17) is 16.6 Å². The molecule has 0 aliphatic rings. The number of alkyl halides is 1. The van der Waals surface area contributed by atoms with Crippen LogP contribution in [0.5, 0.6) is 0 Å². The van der Waals surface area contributed by atoms with Gasteiger partial charge in [0.1, 0.15) is 5.82 Å². The maximum atomic E-state index is 6.33. The first-order valence-electron chi connectivity index (χ1n) is 7.00. The largest absolute Gasteiger partial charge is 0.325 e. The molecule has 1 aromatic heterocycles. The quantitative estimate of drug-likeness (QED) is 0.795. The Kier molecular flexibility index (Phi) is 4.12. The topological polar surface area (TPSA) is 21.1 Å². The van der Waals surface area contributed by atoms with Crippen molar-refractivity contribution in [1.82, 2.24) is 14.5 Å². The molecule has 0 saturated heterocycles. The summed E-state index contributed by atoms with van der Waals surface area (Å²) in [5.74, 6) is 0.946. The van der Waals surface area contributed by atoms with Gasteiger partial charge in [-0.15, -0.1) is 11.6 Å². The second kappa shape index (κ2) is 5.38. The fourth-order valence-electron chi connectivity index (χ4n) is 2.26. The van der Waals surface area contributed by atoms with Gasteiger partial charge >= 0.3 is 0 Å². The molecule has 3 nitrogen and oxygen atoms in total. The Morgan fingerprint density at radius 2 is 2.00 bits per heavy atom. The van der Waals surface area contributed by atoms with Gasteiger partial charge in [0.15, 0.2) is 0 Å². The molecule has 20 heavy (non-hydrogen) atoms. The third kappa shape index (κ3) is 2.84. The average Bonchev–Trinajstić information content (AvgIpc) is 2.66. The number of aromatic nitrogens is 2. The van der Waals surface area contributed by atoms with E-state index < -0.39 is 0 Å². The lowest BCUT2D eigenvalue weighted by molar-refractivity contribution is 0.170. The van der Waals surface area contributed by atoms with E-state index in [9.17, 15) is 0 Å². The SMILES string of the molecule is Cc1ccc2c(c1)nc(C(C)Cl)n2CC(C)(C)N(C)C. The van der Waals surface area contributed by atoms with Crippen molar-refractivity contribution >= 4 is 22.6 Å². The molecule has 0 aliphatic heterocycles. The number of nitrogens with zero attached hydrogens (tertiary/aromatic N) is 3. The number of likely N-dealkylation sites (N-methyl/N-ethyl adjacent to an activating group) is 1. The van der Waals surface area contributed by atoms with E-state index in [0.29, 0.717) is 0 Å². The molecule has 2 rings (SSSR count). The van der Waals surface area contributed by atoms with Crippen LogP contribution in [0.4, 0.5) is 0 Å². The molecule has 0 spiro atoms. The Labute approximate surface area is 126 Å². The van der Waals surface area contributed by atoms with Gasteiger partial charge in [0.05, 0.1) is 16.4 Å². The van der Waals surface area contributed by atoms with Gasteiger partial charge in [-0.25, -0.2) is 4.98 Å². The zero-order valence-electron chi connectivity index (χ0n) is 13.2. The lowest BCUT2D eigenvalue weighted by atomic mass is 10.0. The van der Waals surface area contributed by atoms with Gasteiger partial charge in [0, 0.05) is 12.1 Å². The minimum Gasteiger partial charge on any atom is -0.325 e. The molecule has 2 aromatic rings. The molecule has 0 amide bonds. The Hall–Kier alpha value is -1.06. The number of halogens is 1. The lowest BCUT2D eigenvalue weighted by Crippen LogP contribution is -2.42. The third-order valence-corrected chi connectivity index (χ3v) is 4.24. The van der Waals surface area contributed by atoms with Crippen molar-refractivity contribution in [2.45, 2.75) is 45.2 Å². The first-order valence-corrected chi connectivity index (χ1v) is 7.44. The lowest BCUT2D eigenvalue weighted by Gasteiger charge is -2.33. The molecule has 1 aromatic carbocycles. The number of imidazole rings is 1. The smallest absolute Gasteiger partial charge is 0.127 e. The number of hydrogen-bond donors (Lipinski definition) is 0. The van der Waals surface area contributed by atoms with Crippen LogP contribution in [0.1, 0.15) is 37.5 Å². The van der Waals surface area contributed by atoms with Crippen LogP contribution in [0.25, 0.3) is 11.0 Å². The standard InChI is InChI=1S/C16H24ClN3/c1-11-7-8-14-13(9-11)18-15(12(2)17)20(14)10-16(3,4)19(5)6/h7-9,12H,10H2,1-6H3. The molecular formula is C16H24ClN3. The minimum absolute atomic E-state index is 0.0407. The summed E-state index contributed by atoms with van der Waals surface area (Å²) >= 11 is 6.33. The number of hydrogen-bond acceptors (Lipinski definition) is 2. The first-order chi connectivity index (χ1) is 9.22. The van der Waals surface area contributed by atoms with Crippen LogP contribution in [-0.4, -0.2) is 34.1 Å². The molecule has 0 aliphatic carbocycles. The molecule has 0 fully saturated rings. The third-order valence-electron chi connectivity index (χ3n) is 4.04. The van der Waals surface area contributed by atoms with E-state index in [-0.39, 0.29) is 10.9 Å². The summed E-state index contributed by atoms with van der Waals surface area (Å²) in [4.78, 5) is 6.96. The Bertz CT molecular complexity index is 611. The fourth-order valence-corrected chi connectivity index (χ4v) is 2.42. The highest BCUT2D eigenvalue weighted by Crippen LogP contribution is 2.27. The van der Waals surface area contributed by atoms with E-state index in [1.807, 2.05) is 6.92 Å². The number of rotatable bonds is 4. The summed E-state index contributed by atoms with van der Waals surface area (Å²) in [7, 11) is 4.21. The van der Waals surface area contributed by atoms with Crippen LogP contribution < -0.4 is 0 Å². The molecule has 1 unspecified atom stereocenters. The second-order valence-corrected chi connectivity index (χ2v) is 7.03. The van der Waals surface area contributed by atoms with Crippen LogP contribution in [-0.2, 0) is 6.54 Å². The molecule has 0 saturated carbocycles. The summed E-state index contributed by atoms with van der Waals surface area (Å²) in [5, 5.41) is -0.0966. The Balaban J connectivity index is 2.57. The van der Waals surface area contributed by atoms with Crippen LogP contribution in [0.2, 0.25) is 0 Å². The average molecular weight is 294 g/mol. The van der Waals surface area contributed by atoms with E-state index in [1.54, 1.807) is 0 Å². The monoisotopic (exact) mass is 293 g/mol. The second-order valence-electron chi connectivity index (χ2n) is 6.37. The van der Waals surface area contributed by atoms with Gasteiger partial charge in [0.25, 0.3) is 0 Å². The van der Waals surface area contributed by atoms with Gasteiger partial charge in [0.2, 0.25) is 0 Å². The summed E-state index contributed by atoms with van der Waals surface area (Å²) in [6, 6.07) is 6.40. The van der Waals surface area contributed by atoms with E-state index in [0.717, 1.165) is 23.4 Å². The maximum Gasteiger partial charge on any atom is 0.127 e. The maximum absolute atomic E-state index is 6.33. The van der Waals surface area contributed by atoms with Crippen LogP contribution in [0.3, 0.4) is 0 Å². The zero-order valence-corrected chi connectivity index (χ0v) is 14.0. The molecule has 0 bridgehead atoms. The minimum atomic E-state index is -0.0966. The molecule has 0 radical (unpaired) electrons. The summed E-state index contributed by atoms with van der Waals surface area (Å²) in [6.07, 6.45) is 0. The van der Waals surface area contributed by atoms with Crippen LogP contribution in [0, 0.1) is 6.92 Å². The van der Waals surface area contributed by atoms with Crippen molar-refractivity contribution in [2.24, 2.45) is 0 Å². The van der Waals surface area contributed by atoms with Crippen LogP contribution >= 0.6 is 11.6 Å². The Morgan fingerprint density at radius 3 is 2.55 bits per heavy atom. The number of aryl methyl sites for hydroxylation is 1. The summed E-state index contributed by atoms with van der Waals surface area (Å²) in [5.41, 5.74) is 3.46. The van der Waals surface area contributed by atoms with Gasteiger partial charge in [-0.1, -0.05) is 6.07 Å². The van der Waals surface area contributed by atoms with Crippen molar-refractivity contribution in [3.8, 4) is 0 Å². The first kappa shape index (κ1) is 15.3. The van der Waals surface area contributed by atoms with Crippen molar-refractivity contribution < 1.29 is 0 Å². The molecule has 1 atom stereocenters. The van der Waals surface area contributed by atoms with E-state index >= 15 is 0 Å². The highest BCUT2D eigenvalue weighted by atomic mass is 35.5. The predicted molar refractivity (Wildman–Crippen MR) is 86.5 cm³/mol. The molecular weight excluding hydrogens is 270 g/mol. The normalized spacial score (nSPS) is 14.2. The molecule has 4 heteroatoms. The van der Waals surface area contributed by atoms with Crippen molar-refractivity contribution in [2.75, 3.05) is 14.1 Å². The van der Waals surface area contributed by atoms with Gasteiger partial charge in [-0.2, -0.15) is 0 Å². The van der Waals surface area contributed by atoms with Crippen molar-refractivity contribution in [1.29, 1.82) is 0 Å². The highest BCUT2D eigenvalue weighted by Gasteiger charge is 2.25. The van der Waals surface area contributed by atoms with Gasteiger partial charge in [-0.3, -0.25) is 0 Å². The number of benzene rings is 1. The van der Waals surface area contributed by atoms with E-state index in [2.05, 4.69) is 62.5 Å². The van der Waals surface area contributed by atoms with Crippen molar-refractivity contribution in [3.05, 3.63) is 29.6 Å². The molecule has 0 N–H and O–H groups in total.